The molecule has 108 valence electrons. The van der Waals surface area contributed by atoms with Crippen molar-refractivity contribution in [3.05, 3.63) is 0 Å². The molecule has 0 aromatic carbocycles. The minimum Gasteiger partial charge on any atom is -0.481 e. The third-order valence-electron chi connectivity index (χ3n) is 3.03. The largest absolute Gasteiger partial charge is 0.481 e. The van der Waals surface area contributed by atoms with E-state index in [1.807, 2.05) is 0 Å². The standard InChI is InChI=1S/C12H20N2O5/c1-13-12(18)9-8-19-7-6-14(9)10(15)4-2-3-5-11(16)17/h9H,2-8H2,1H3,(H,13,18)(H,16,17). The fraction of sp³-hybridized carbons (Fsp3) is 0.750. The third-order valence-corrected chi connectivity index (χ3v) is 3.03. The highest BCUT2D eigenvalue weighted by Crippen LogP contribution is 2.11. The normalized spacial score (nSPS) is 19.0. The number of likely N-dealkylation sites (N-methyl/N-ethyl adjacent to an activating group) is 1. The van der Waals surface area contributed by atoms with Crippen LogP contribution in [-0.4, -0.2) is 60.6 Å². The van der Waals surface area contributed by atoms with E-state index < -0.39 is 12.0 Å². The van der Waals surface area contributed by atoms with Crippen molar-refractivity contribution in [2.45, 2.75) is 31.7 Å². The summed E-state index contributed by atoms with van der Waals surface area (Å²) < 4.78 is 5.21. The van der Waals surface area contributed by atoms with Crippen molar-refractivity contribution in [3.8, 4) is 0 Å². The summed E-state index contributed by atoms with van der Waals surface area (Å²) in [4.78, 5) is 35.5. The Balaban J connectivity index is 2.43. The minimum atomic E-state index is -0.859. The van der Waals surface area contributed by atoms with E-state index in [9.17, 15) is 14.4 Å². The molecule has 1 unspecified atom stereocenters. The molecule has 19 heavy (non-hydrogen) atoms. The number of unbranched alkanes of at least 4 members (excludes halogenated alkanes) is 1. The van der Waals surface area contributed by atoms with E-state index in [0.717, 1.165) is 0 Å². The maximum Gasteiger partial charge on any atom is 0.303 e. The molecular formula is C12H20N2O5. The molecule has 1 aliphatic rings. The molecule has 0 saturated carbocycles. The summed E-state index contributed by atoms with van der Waals surface area (Å²) in [6, 6.07) is -0.578. The second-order valence-electron chi connectivity index (χ2n) is 4.39. The van der Waals surface area contributed by atoms with Crippen LogP contribution in [0.15, 0.2) is 0 Å². The first kappa shape index (κ1) is 15.4. The van der Waals surface area contributed by atoms with Gasteiger partial charge in [-0.1, -0.05) is 0 Å². The number of nitrogens with one attached hydrogen (secondary N) is 1. The van der Waals surface area contributed by atoms with Crippen molar-refractivity contribution in [3.63, 3.8) is 0 Å². The number of hydrogen-bond acceptors (Lipinski definition) is 4. The maximum atomic E-state index is 12.0. The van der Waals surface area contributed by atoms with Gasteiger partial charge in [0.15, 0.2) is 0 Å². The van der Waals surface area contributed by atoms with Crippen molar-refractivity contribution >= 4 is 17.8 Å². The average molecular weight is 272 g/mol. The van der Waals surface area contributed by atoms with Gasteiger partial charge in [0.25, 0.3) is 0 Å². The first-order chi connectivity index (χ1) is 9.06. The van der Waals surface area contributed by atoms with Gasteiger partial charge in [-0.25, -0.2) is 0 Å². The Morgan fingerprint density at radius 1 is 1.32 bits per heavy atom. The number of carbonyl (C=O) groups is 3. The Morgan fingerprint density at radius 3 is 2.63 bits per heavy atom. The predicted octanol–water partition coefficient (Wildman–Crippen LogP) is -0.395. The van der Waals surface area contributed by atoms with Crippen LogP contribution < -0.4 is 5.32 Å². The fourth-order valence-electron chi connectivity index (χ4n) is 1.98. The maximum absolute atomic E-state index is 12.0. The molecule has 7 heteroatoms. The molecule has 1 fully saturated rings. The van der Waals surface area contributed by atoms with Gasteiger partial charge in [-0.05, 0) is 12.8 Å². The molecular weight excluding hydrogens is 252 g/mol. The van der Waals surface area contributed by atoms with Crippen molar-refractivity contribution in [2.24, 2.45) is 0 Å². The molecule has 7 nitrogen and oxygen atoms in total. The lowest BCUT2D eigenvalue weighted by molar-refractivity contribution is -0.148. The van der Waals surface area contributed by atoms with Crippen LogP contribution in [0.4, 0.5) is 0 Å². The van der Waals surface area contributed by atoms with Gasteiger partial charge < -0.3 is 20.1 Å². The Bertz CT molecular complexity index is 345. The number of carboxylic acids is 1. The summed E-state index contributed by atoms with van der Waals surface area (Å²) in [6.45, 7) is 1.03. The quantitative estimate of drug-likeness (QED) is 0.642. The van der Waals surface area contributed by atoms with Gasteiger partial charge in [-0.15, -0.1) is 0 Å². The Morgan fingerprint density at radius 2 is 2.00 bits per heavy atom. The lowest BCUT2D eigenvalue weighted by Gasteiger charge is -2.34. The summed E-state index contributed by atoms with van der Waals surface area (Å²) >= 11 is 0. The van der Waals surface area contributed by atoms with Crippen molar-refractivity contribution < 1.29 is 24.2 Å². The highest BCUT2D eigenvalue weighted by atomic mass is 16.5. The number of aliphatic carboxylic acids is 1. The van der Waals surface area contributed by atoms with Crippen molar-refractivity contribution in [2.75, 3.05) is 26.8 Å². The summed E-state index contributed by atoms with van der Waals surface area (Å²) in [6.07, 6.45) is 1.31. The molecule has 2 N–H and O–H groups in total. The smallest absolute Gasteiger partial charge is 0.303 e. The van der Waals surface area contributed by atoms with E-state index in [1.54, 1.807) is 0 Å². The van der Waals surface area contributed by atoms with E-state index in [1.165, 1.54) is 11.9 Å². The van der Waals surface area contributed by atoms with Gasteiger partial charge in [-0.3, -0.25) is 14.4 Å². The lowest BCUT2D eigenvalue weighted by atomic mass is 10.1. The molecule has 0 aromatic heterocycles. The van der Waals surface area contributed by atoms with Crippen LogP contribution in [-0.2, 0) is 19.1 Å². The molecule has 0 aliphatic carbocycles. The van der Waals surface area contributed by atoms with Gasteiger partial charge in [0, 0.05) is 26.4 Å². The van der Waals surface area contributed by atoms with Crippen LogP contribution in [0.25, 0.3) is 0 Å². The highest BCUT2D eigenvalue weighted by molar-refractivity contribution is 5.87. The van der Waals surface area contributed by atoms with Crippen LogP contribution in [0, 0.1) is 0 Å². The Kier molecular flexibility index (Phi) is 6.27. The zero-order valence-corrected chi connectivity index (χ0v) is 11.1. The summed E-state index contributed by atoms with van der Waals surface area (Å²) in [5, 5.41) is 11.0. The number of hydrogen-bond donors (Lipinski definition) is 2. The van der Waals surface area contributed by atoms with Crippen LogP contribution in [0.1, 0.15) is 25.7 Å². The zero-order chi connectivity index (χ0) is 14.3. The van der Waals surface area contributed by atoms with E-state index in [4.69, 9.17) is 9.84 Å². The summed E-state index contributed by atoms with van der Waals surface area (Å²) in [5.74, 6) is -1.22. The van der Waals surface area contributed by atoms with Gasteiger partial charge in [0.1, 0.15) is 6.04 Å². The van der Waals surface area contributed by atoms with E-state index in [0.29, 0.717) is 26.0 Å². The van der Waals surface area contributed by atoms with E-state index in [-0.39, 0.29) is 31.3 Å². The van der Waals surface area contributed by atoms with E-state index >= 15 is 0 Å². The minimum absolute atomic E-state index is 0.0647. The number of ether oxygens (including phenoxy) is 1. The van der Waals surface area contributed by atoms with E-state index in [2.05, 4.69) is 5.32 Å². The summed E-state index contributed by atoms with van der Waals surface area (Å²) in [7, 11) is 1.52. The average Bonchev–Trinajstić information content (AvgIpc) is 2.42. The Hall–Kier alpha value is -1.63. The SMILES string of the molecule is CNC(=O)C1COCCN1C(=O)CCCCC(=O)O. The predicted molar refractivity (Wildman–Crippen MR) is 66.5 cm³/mol. The van der Waals surface area contributed by atoms with Crippen LogP contribution in [0.5, 0.6) is 0 Å². The fourth-order valence-corrected chi connectivity index (χ4v) is 1.98. The second-order valence-corrected chi connectivity index (χ2v) is 4.39. The molecule has 0 radical (unpaired) electrons. The highest BCUT2D eigenvalue weighted by Gasteiger charge is 2.31. The van der Waals surface area contributed by atoms with Crippen molar-refractivity contribution in [1.82, 2.24) is 10.2 Å². The number of amides is 2. The van der Waals surface area contributed by atoms with Gasteiger partial charge in [-0.2, -0.15) is 0 Å². The molecule has 1 saturated heterocycles. The number of carboxylic acid groups (broad SMARTS) is 1. The molecule has 0 aromatic rings. The number of rotatable bonds is 6. The van der Waals surface area contributed by atoms with Gasteiger partial charge >= 0.3 is 5.97 Å². The molecule has 2 amide bonds. The monoisotopic (exact) mass is 272 g/mol. The lowest BCUT2D eigenvalue weighted by Crippen LogP contribution is -2.55. The molecule has 1 rings (SSSR count). The Labute approximate surface area is 111 Å². The first-order valence-electron chi connectivity index (χ1n) is 6.37. The summed E-state index contributed by atoms with van der Waals surface area (Å²) in [5.41, 5.74) is 0. The number of nitrogens with zero attached hydrogens (tertiary/aromatic N) is 1. The molecule has 0 spiro atoms. The number of carbonyl (C=O) groups excluding carboxylic acids is 2. The topological polar surface area (TPSA) is 95.9 Å². The molecule has 1 atom stereocenters. The van der Waals surface area contributed by atoms with Gasteiger partial charge in [0.05, 0.1) is 13.2 Å². The van der Waals surface area contributed by atoms with Crippen LogP contribution in [0.2, 0.25) is 0 Å². The number of morpholine rings is 1. The zero-order valence-electron chi connectivity index (χ0n) is 11.1. The second kappa shape index (κ2) is 7.73. The van der Waals surface area contributed by atoms with Crippen LogP contribution in [0.3, 0.4) is 0 Å². The van der Waals surface area contributed by atoms with Crippen LogP contribution >= 0.6 is 0 Å². The third kappa shape index (κ3) is 4.86. The molecule has 0 bridgehead atoms. The molecule has 1 aliphatic heterocycles. The molecule has 1 heterocycles. The van der Waals surface area contributed by atoms with Gasteiger partial charge in [0.2, 0.25) is 11.8 Å². The first-order valence-corrected chi connectivity index (χ1v) is 6.37. The van der Waals surface area contributed by atoms with Crippen molar-refractivity contribution in [1.29, 1.82) is 0 Å².